The van der Waals surface area contributed by atoms with Gasteiger partial charge >= 0.3 is 0 Å². The summed E-state index contributed by atoms with van der Waals surface area (Å²) in [5.41, 5.74) is 5.31. The van der Waals surface area contributed by atoms with Crippen LogP contribution in [0.25, 0.3) is 0 Å². The fourth-order valence-corrected chi connectivity index (χ4v) is 4.30. The van der Waals surface area contributed by atoms with Crippen molar-refractivity contribution in [1.29, 1.82) is 0 Å². The third-order valence-corrected chi connectivity index (χ3v) is 6.43. The van der Waals surface area contributed by atoms with Crippen LogP contribution in [-0.2, 0) is 16.0 Å². The van der Waals surface area contributed by atoms with E-state index in [0.717, 1.165) is 75.7 Å². The highest BCUT2D eigenvalue weighted by Crippen LogP contribution is 2.19. The van der Waals surface area contributed by atoms with Gasteiger partial charge in [-0.15, -0.1) is 0 Å². The number of ether oxygens (including phenoxy) is 1. The lowest BCUT2D eigenvalue weighted by Crippen LogP contribution is -2.47. The molecule has 1 N–H and O–H groups in total. The quantitative estimate of drug-likeness (QED) is 0.336. The van der Waals surface area contributed by atoms with E-state index in [1.54, 1.807) is 6.21 Å². The molecular formula is C26H37N7O2. The number of anilines is 2. The number of benzene rings is 1. The van der Waals surface area contributed by atoms with Gasteiger partial charge in [0.2, 0.25) is 5.91 Å². The number of unbranched alkanes of at least 4 members (excludes halogenated alkanes) is 1. The standard InChI is InChI=1S/C26H37N7O2/c1-21-6-5-7-22(18-21)20-27-30-24-19-25(32-14-16-35-17-15-32)29-23(28-24)8-3-4-9-26(34)33-12-10-31(2)11-13-33/h5-7,18-20H,3-4,8-17H2,1-2H3,(H,28,29,30)/b27-20+. The Bertz CT molecular complexity index is 999. The van der Waals surface area contributed by atoms with Crippen LogP contribution in [0.4, 0.5) is 11.6 Å². The van der Waals surface area contributed by atoms with E-state index < -0.39 is 0 Å². The van der Waals surface area contributed by atoms with Crippen LogP contribution >= 0.6 is 0 Å². The number of rotatable bonds is 9. The Morgan fingerprint density at radius 2 is 1.89 bits per heavy atom. The molecule has 0 radical (unpaired) electrons. The molecule has 4 rings (SSSR count). The molecule has 0 saturated carbocycles. The molecule has 2 aliphatic rings. The van der Waals surface area contributed by atoms with Gasteiger partial charge < -0.3 is 19.4 Å². The number of hydrogen-bond donors (Lipinski definition) is 1. The molecule has 9 heteroatoms. The van der Waals surface area contributed by atoms with E-state index in [1.807, 2.05) is 23.1 Å². The number of hydrazone groups is 1. The number of nitrogens with one attached hydrogen (secondary N) is 1. The average molecular weight is 480 g/mol. The summed E-state index contributed by atoms with van der Waals surface area (Å²) < 4.78 is 5.50. The van der Waals surface area contributed by atoms with Gasteiger partial charge in [-0.25, -0.2) is 9.97 Å². The molecular weight excluding hydrogens is 442 g/mol. The number of amides is 1. The van der Waals surface area contributed by atoms with Crippen molar-refractivity contribution in [3.05, 3.63) is 47.3 Å². The lowest BCUT2D eigenvalue weighted by atomic mass is 10.1. The molecule has 0 spiro atoms. The maximum Gasteiger partial charge on any atom is 0.222 e. The number of piperazine rings is 1. The summed E-state index contributed by atoms with van der Waals surface area (Å²) in [6.07, 6.45) is 4.82. The van der Waals surface area contributed by atoms with Gasteiger partial charge in [0.05, 0.1) is 19.4 Å². The summed E-state index contributed by atoms with van der Waals surface area (Å²) in [5.74, 6) is 2.59. The molecule has 3 heterocycles. The number of carbonyl (C=O) groups excluding carboxylic acids is 1. The zero-order valence-corrected chi connectivity index (χ0v) is 20.9. The minimum absolute atomic E-state index is 0.258. The topological polar surface area (TPSA) is 86.2 Å². The molecule has 0 unspecified atom stereocenters. The largest absolute Gasteiger partial charge is 0.378 e. The van der Waals surface area contributed by atoms with E-state index in [0.29, 0.717) is 25.5 Å². The van der Waals surface area contributed by atoms with Crippen molar-refractivity contribution in [2.24, 2.45) is 5.10 Å². The first kappa shape index (κ1) is 25.1. The first-order valence-electron chi connectivity index (χ1n) is 12.6. The molecule has 2 aliphatic heterocycles. The first-order chi connectivity index (χ1) is 17.1. The summed E-state index contributed by atoms with van der Waals surface area (Å²) in [7, 11) is 2.10. The SMILES string of the molecule is Cc1cccc(/C=N/Nc2cc(N3CCOCC3)nc(CCCCC(=O)N3CCN(C)CC3)n2)c1. The molecule has 1 aromatic heterocycles. The Kier molecular flexibility index (Phi) is 9.02. The molecule has 9 nitrogen and oxygen atoms in total. The third kappa shape index (κ3) is 7.73. The molecule has 35 heavy (non-hydrogen) atoms. The Labute approximate surface area is 208 Å². The van der Waals surface area contributed by atoms with Crippen molar-refractivity contribution < 1.29 is 9.53 Å². The van der Waals surface area contributed by atoms with Crippen molar-refractivity contribution in [1.82, 2.24) is 19.8 Å². The summed E-state index contributed by atoms with van der Waals surface area (Å²) in [4.78, 5) is 28.5. The molecule has 1 amide bonds. The van der Waals surface area contributed by atoms with Crippen molar-refractivity contribution in [2.75, 3.05) is 69.9 Å². The second-order valence-corrected chi connectivity index (χ2v) is 9.30. The zero-order chi connectivity index (χ0) is 24.5. The number of aromatic nitrogens is 2. The van der Waals surface area contributed by atoms with Gasteiger partial charge in [0, 0.05) is 58.2 Å². The van der Waals surface area contributed by atoms with Gasteiger partial charge in [-0.2, -0.15) is 5.10 Å². The smallest absolute Gasteiger partial charge is 0.222 e. The van der Waals surface area contributed by atoms with Crippen molar-refractivity contribution in [2.45, 2.75) is 32.6 Å². The van der Waals surface area contributed by atoms with E-state index in [2.05, 4.69) is 46.4 Å². The maximum atomic E-state index is 12.5. The van der Waals surface area contributed by atoms with Crippen LogP contribution in [0.2, 0.25) is 0 Å². The van der Waals surface area contributed by atoms with Crippen LogP contribution in [0.1, 0.15) is 36.2 Å². The van der Waals surface area contributed by atoms with Gasteiger partial charge in [-0.1, -0.05) is 29.8 Å². The van der Waals surface area contributed by atoms with Crippen molar-refractivity contribution >= 4 is 23.8 Å². The van der Waals surface area contributed by atoms with Gasteiger partial charge in [-0.05, 0) is 32.4 Å². The Balaban J connectivity index is 1.35. The van der Waals surface area contributed by atoms with Gasteiger partial charge in [0.25, 0.3) is 0 Å². The lowest BCUT2D eigenvalue weighted by Gasteiger charge is -2.32. The molecule has 2 aromatic rings. The minimum Gasteiger partial charge on any atom is -0.378 e. The first-order valence-corrected chi connectivity index (χ1v) is 12.6. The Morgan fingerprint density at radius 3 is 2.66 bits per heavy atom. The summed E-state index contributed by atoms with van der Waals surface area (Å²) in [5, 5.41) is 4.39. The molecule has 2 saturated heterocycles. The molecule has 0 atom stereocenters. The zero-order valence-electron chi connectivity index (χ0n) is 20.9. The number of aryl methyl sites for hydroxylation is 2. The van der Waals surface area contributed by atoms with Crippen LogP contribution in [0.5, 0.6) is 0 Å². The van der Waals surface area contributed by atoms with Crippen molar-refractivity contribution in [3.63, 3.8) is 0 Å². The van der Waals surface area contributed by atoms with E-state index in [-0.39, 0.29) is 5.91 Å². The minimum atomic E-state index is 0.258. The molecule has 2 fully saturated rings. The molecule has 1 aromatic carbocycles. The Hall–Kier alpha value is -3.04. The normalized spacial score (nSPS) is 17.2. The summed E-state index contributed by atoms with van der Waals surface area (Å²) in [6, 6.07) is 10.1. The third-order valence-electron chi connectivity index (χ3n) is 6.43. The van der Waals surface area contributed by atoms with Gasteiger partial charge in [0.1, 0.15) is 11.6 Å². The van der Waals surface area contributed by atoms with E-state index in [4.69, 9.17) is 14.7 Å². The monoisotopic (exact) mass is 479 g/mol. The fourth-order valence-electron chi connectivity index (χ4n) is 4.30. The summed E-state index contributed by atoms with van der Waals surface area (Å²) in [6.45, 7) is 8.64. The number of hydrogen-bond acceptors (Lipinski definition) is 8. The molecule has 0 aliphatic carbocycles. The van der Waals surface area contributed by atoms with Crippen LogP contribution in [0.3, 0.4) is 0 Å². The van der Waals surface area contributed by atoms with Gasteiger partial charge in [-0.3, -0.25) is 10.2 Å². The van der Waals surface area contributed by atoms with E-state index in [1.165, 1.54) is 5.56 Å². The average Bonchev–Trinajstić information content (AvgIpc) is 2.87. The number of morpholine rings is 1. The second kappa shape index (κ2) is 12.6. The van der Waals surface area contributed by atoms with Gasteiger partial charge in [0.15, 0.2) is 5.82 Å². The van der Waals surface area contributed by atoms with E-state index >= 15 is 0 Å². The van der Waals surface area contributed by atoms with Crippen LogP contribution in [0, 0.1) is 6.92 Å². The summed E-state index contributed by atoms with van der Waals surface area (Å²) >= 11 is 0. The number of carbonyl (C=O) groups is 1. The second-order valence-electron chi connectivity index (χ2n) is 9.30. The highest BCUT2D eigenvalue weighted by atomic mass is 16.5. The number of likely N-dealkylation sites (N-methyl/N-ethyl adjacent to an activating group) is 1. The predicted molar refractivity (Wildman–Crippen MR) is 139 cm³/mol. The van der Waals surface area contributed by atoms with Crippen LogP contribution in [-0.4, -0.2) is 91.4 Å². The van der Waals surface area contributed by atoms with Crippen molar-refractivity contribution in [3.8, 4) is 0 Å². The maximum absolute atomic E-state index is 12.5. The molecule has 0 bridgehead atoms. The highest BCUT2D eigenvalue weighted by molar-refractivity contribution is 5.80. The van der Waals surface area contributed by atoms with Crippen LogP contribution < -0.4 is 10.3 Å². The molecule has 188 valence electrons. The van der Waals surface area contributed by atoms with Crippen LogP contribution in [0.15, 0.2) is 35.4 Å². The number of nitrogens with zero attached hydrogens (tertiary/aromatic N) is 6. The Morgan fingerprint density at radius 1 is 1.09 bits per heavy atom. The van der Waals surface area contributed by atoms with E-state index in [9.17, 15) is 4.79 Å². The highest BCUT2D eigenvalue weighted by Gasteiger charge is 2.19. The lowest BCUT2D eigenvalue weighted by molar-refractivity contribution is -0.132. The predicted octanol–water partition coefficient (Wildman–Crippen LogP) is 2.55. The fraction of sp³-hybridized carbons (Fsp3) is 0.538.